The minimum atomic E-state index is -3.50. The third-order valence-corrected chi connectivity index (χ3v) is 6.94. The molecule has 2 N–H and O–H groups in total. The van der Waals surface area contributed by atoms with Crippen LogP contribution in [0, 0.1) is 19.3 Å². The number of methoxy groups -OCH3 is 1. The molecule has 0 unspecified atom stereocenters. The monoisotopic (exact) mass is 333 g/mol. The third-order valence-electron chi connectivity index (χ3n) is 3.86. The molecule has 8 heteroatoms. The molecule has 120 valence electrons. The second kappa shape index (κ2) is 6.70. The Labute approximate surface area is 130 Å². The zero-order valence-corrected chi connectivity index (χ0v) is 14.4. The van der Waals surface area contributed by atoms with E-state index in [4.69, 9.17) is 4.74 Å². The maximum absolute atomic E-state index is 12.5. The number of aryl methyl sites for hydroxylation is 2. The van der Waals surface area contributed by atoms with E-state index in [0.717, 1.165) is 30.9 Å². The maximum Gasteiger partial charge on any atom is 0.251 e. The molecule has 0 spiro atoms. The van der Waals surface area contributed by atoms with Crippen LogP contribution in [0.15, 0.2) is 4.21 Å². The minimum absolute atomic E-state index is 0.124. The average molecular weight is 333 g/mol. The van der Waals surface area contributed by atoms with Gasteiger partial charge in [0.1, 0.15) is 0 Å². The Morgan fingerprint density at radius 1 is 1.38 bits per heavy atom. The Hall–Kier alpha value is -0.540. The van der Waals surface area contributed by atoms with Crippen LogP contribution in [-0.4, -0.2) is 46.8 Å². The number of rotatable bonds is 6. The van der Waals surface area contributed by atoms with Crippen molar-refractivity contribution >= 4 is 21.4 Å². The standard InChI is InChI=1S/C13H23N3O3S2/c1-10-12(20-11(2)16-10)21(17,18)15-8-13(9-19-3)4-6-14-7-5-13/h14-15H,4-9H2,1-3H3. The zero-order valence-electron chi connectivity index (χ0n) is 12.7. The van der Waals surface area contributed by atoms with Crippen LogP contribution in [0.5, 0.6) is 0 Å². The molecule has 1 aromatic rings. The second-order valence-corrected chi connectivity index (χ2v) is 8.78. The van der Waals surface area contributed by atoms with Gasteiger partial charge in [-0.1, -0.05) is 0 Å². The van der Waals surface area contributed by atoms with Crippen LogP contribution >= 0.6 is 11.3 Å². The van der Waals surface area contributed by atoms with Crippen molar-refractivity contribution in [2.75, 3.05) is 33.4 Å². The van der Waals surface area contributed by atoms with Crippen LogP contribution in [-0.2, 0) is 14.8 Å². The fourth-order valence-corrected chi connectivity index (χ4v) is 5.39. The first-order chi connectivity index (χ1) is 9.88. The largest absolute Gasteiger partial charge is 0.384 e. The molecular weight excluding hydrogens is 310 g/mol. The molecule has 0 atom stereocenters. The quantitative estimate of drug-likeness (QED) is 0.813. The predicted octanol–water partition coefficient (Wildman–Crippen LogP) is 1.05. The number of hydrogen-bond acceptors (Lipinski definition) is 6. The Bertz CT molecular complexity index is 572. The highest BCUT2D eigenvalue weighted by molar-refractivity contribution is 7.91. The van der Waals surface area contributed by atoms with Crippen LogP contribution < -0.4 is 10.0 Å². The summed E-state index contributed by atoms with van der Waals surface area (Å²) in [6, 6.07) is 0. The number of ether oxygens (including phenoxy) is 1. The van der Waals surface area contributed by atoms with Gasteiger partial charge in [0, 0.05) is 19.1 Å². The zero-order chi connectivity index (χ0) is 15.5. The number of hydrogen-bond donors (Lipinski definition) is 2. The van der Waals surface area contributed by atoms with Crippen molar-refractivity contribution in [1.82, 2.24) is 15.0 Å². The summed E-state index contributed by atoms with van der Waals surface area (Å²) in [5.74, 6) is 0. The highest BCUT2D eigenvalue weighted by Gasteiger charge is 2.34. The van der Waals surface area contributed by atoms with E-state index in [1.54, 1.807) is 14.0 Å². The van der Waals surface area contributed by atoms with Crippen LogP contribution in [0.1, 0.15) is 23.5 Å². The van der Waals surface area contributed by atoms with Crippen LogP contribution in [0.3, 0.4) is 0 Å². The predicted molar refractivity (Wildman–Crippen MR) is 83.2 cm³/mol. The van der Waals surface area contributed by atoms with E-state index >= 15 is 0 Å². The molecule has 2 heterocycles. The van der Waals surface area contributed by atoms with Gasteiger partial charge >= 0.3 is 0 Å². The number of piperidine rings is 1. The maximum atomic E-state index is 12.5. The van der Waals surface area contributed by atoms with E-state index in [2.05, 4.69) is 15.0 Å². The van der Waals surface area contributed by atoms with E-state index < -0.39 is 10.0 Å². The van der Waals surface area contributed by atoms with Gasteiger partial charge in [0.2, 0.25) is 0 Å². The fraction of sp³-hybridized carbons (Fsp3) is 0.769. The van der Waals surface area contributed by atoms with Gasteiger partial charge in [0.25, 0.3) is 10.0 Å². The van der Waals surface area contributed by atoms with Crippen molar-refractivity contribution in [3.05, 3.63) is 10.7 Å². The molecule has 0 bridgehead atoms. The summed E-state index contributed by atoms with van der Waals surface area (Å²) in [6.07, 6.45) is 1.81. The van der Waals surface area contributed by atoms with Crippen LogP contribution in [0.25, 0.3) is 0 Å². The summed E-state index contributed by atoms with van der Waals surface area (Å²) in [5, 5.41) is 4.06. The van der Waals surface area contributed by atoms with Gasteiger partial charge < -0.3 is 10.1 Å². The third kappa shape index (κ3) is 4.01. The highest BCUT2D eigenvalue weighted by atomic mass is 32.2. The molecule has 21 heavy (non-hydrogen) atoms. The van der Waals surface area contributed by atoms with Crippen molar-refractivity contribution in [2.45, 2.75) is 30.9 Å². The van der Waals surface area contributed by atoms with Gasteiger partial charge in [0.15, 0.2) is 4.21 Å². The fourth-order valence-electron chi connectivity index (χ4n) is 2.71. The van der Waals surface area contributed by atoms with Gasteiger partial charge in [-0.25, -0.2) is 18.1 Å². The summed E-state index contributed by atoms with van der Waals surface area (Å²) >= 11 is 1.22. The first-order valence-corrected chi connectivity index (χ1v) is 9.32. The number of nitrogens with one attached hydrogen (secondary N) is 2. The Kier molecular flexibility index (Phi) is 5.37. The van der Waals surface area contributed by atoms with Crippen molar-refractivity contribution in [1.29, 1.82) is 0 Å². The van der Waals surface area contributed by atoms with E-state index in [0.29, 0.717) is 23.1 Å². The summed E-state index contributed by atoms with van der Waals surface area (Å²) < 4.78 is 33.3. The smallest absolute Gasteiger partial charge is 0.251 e. The van der Waals surface area contributed by atoms with Gasteiger partial charge in [0.05, 0.1) is 17.3 Å². The molecular formula is C13H23N3O3S2. The molecule has 1 fully saturated rings. The number of aromatic nitrogens is 1. The molecule has 0 aromatic carbocycles. The number of thiazole rings is 1. The lowest BCUT2D eigenvalue weighted by molar-refractivity contribution is 0.0577. The van der Waals surface area contributed by atoms with E-state index in [1.165, 1.54) is 11.3 Å². The summed E-state index contributed by atoms with van der Waals surface area (Å²) in [4.78, 5) is 4.19. The Balaban J connectivity index is 2.11. The Morgan fingerprint density at radius 2 is 2.05 bits per heavy atom. The lowest BCUT2D eigenvalue weighted by atomic mass is 9.80. The minimum Gasteiger partial charge on any atom is -0.384 e. The first-order valence-electron chi connectivity index (χ1n) is 7.02. The van der Waals surface area contributed by atoms with Crippen molar-refractivity contribution in [3.8, 4) is 0 Å². The van der Waals surface area contributed by atoms with Crippen LogP contribution in [0.2, 0.25) is 0 Å². The molecule has 1 saturated heterocycles. The normalized spacial score (nSPS) is 18.8. The summed E-state index contributed by atoms with van der Waals surface area (Å²) in [6.45, 7) is 6.30. The van der Waals surface area contributed by atoms with Crippen molar-refractivity contribution < 1.29 is 13.2 Å². The van der Waals surface area contributed by atoms with Gasteiger partial charge in [-0.05, 0) is 39.8 Å². The van der Waals surface area contributed by atoms with E-state index in [1.807, 2.05) is 6.92 Å². The molecule has 0 radical (unpaired) electrons. The molecule has 6 nitrogen and oxygen atoms in total. The number of nitrogens with zero attached hydrogens (tertiary/aromatic N) is 1. The SMILES string of the molecule is COCC1(CNS(=O)(=O)c2sc(C)nc2C)CCNCC1. The number of sulfonamides is 1. The van der Waals surface area contributed by atoms with Crippen molar-refractivity contribution in [2.24, 2.45) is 5.41 Å². The van der Waals surface area contributed by atoms with E-state index in [9.17, 15) is 8.42 Å². The van der Waals surface area contributed by atoms with Gasteiger partial charge in [-0.2, -0.15) is 0 Å². The first kappa shape index (κ1) is 16.8. The summed E-state index contributed by atoms with van der Waals surface area (Å²) in [7, 11) is -1.83. The highest BCUT2D eigenvalue weighted by Crippen LogP contribution is 2.30. The molecule has 1 aliphatic heterocycles. The average Bonchev–Trinajstić information content (AvgIpc) is 2.78. The lowest BCUT2D eigenvalue weighted by Gasteiger charge is -2.37. The molecule has 0 saturated carbocycles. The Morgan fingerprint density at radius 3 is 2.57 bits per heavy atom. The van der Waals surface area contributed by atoms with E-state index in [-0.39, 0.29) is 5.41 Å². The lowest BCUT2D eigenvalue weighted by Crippen LogP contribution is -2.47. The van der Waals surface area contributed by atoms with Crippen molar-refractivity contribution in [3.63, 3.8) is 0 Å². The molecule has 0 aliphatic carbocycles. The second-order valence-electron chi connectivity index (χ2n) is 5.61. The molecule has 1 aromatic heterocycles. The molecule has 1 aliphatic rings. The molecule has 2 rings (SSSR count). The van der Waals surface area contributed by atoms with Gasteiger partial charge in [-0.15, -0.1) is 11.3 Å². The summed E-state index contributed by atoms with van der Waals surface area (Å²) in [5.41, 5.74) is 0.442. The topological polar surface area (TPSA) is 80.3 Å². The van der Waals surface area contributed by atoms with Crippen LogP contribution in [0.4, 0.5) is 0 Å². The molecule has 0 amide bonds. The van der Waals surface area contributed by atoms with Gasteiger partial charge in [-0.3, -0.25) is 0 Å².